The molecular weight excluding hydrogens is 299 g/mol. The van der Waals surface area contributed by atoms with E-state index in [0.29, 0.717) is 0 Å². The molecule has 0 radical (unpaired) electrons. The van der Waals surface area contributed by atoms with E-state index >= 15 is 0 Å². The summed E-state index contributed by atoms with van der Waals surface area (Å²) in [4.78, 5) is 15.9. The molecule has 1 amide bonds. The van der Waals surface area contributed by atoms with E-state index < -0.39 is 0 Å². The topological polar surface area (TPSA) is 62.2 Å². The van der Waals surface area contributed by atoms with Gasteiger partial charge in [0.05, 0.1) is 11.6 Å². The second kappa shape index (κ2) is 6.11. The summed E-state index contributed by atoms with van der Waals surface area (Å²) >= 11 is 11.6. The molecule has 1 aromatic heterocycles. The largest absolute Gasteiger partial charge is 0.508 e. The highest BCUT2D eigenvalue weighted by atomic mass is 35.5. The van der Waals surface area contributed by atoms with Gasteiger partial charge in [-0.15, -0.1) is 0 Å². The first-order valence-electron chi connectivity index (χ1n) is 5.89. The molecule has 2 aromatic rings. The third-order valence-corrected chi connectivity index (χ3v) is 3.28. The monoisotopic (exact) mass is 310 g/mol. The Labute approximate surface area is 126 Å². The smallest absolute Gasteiger partial charge is 0.254 e. The lowest BCUT2D eigenvalue weighted by Gasteiger charge is -2.15. The number of halogens is 2. The number of amides is 1. The number of hydrogen-bond donors (Lipinski definition) is 2. The minimum atomic E-state index is -0.352. The first-order chi connectivity index (χ1) is 9.47. The van der Waals surface area contributed by atoms with Crippen LogP contribution in [0.5, 0.6) is 5.75 Å². The van der Waals surface area contributed by atoms with Gasteiger partial charge in [-0.1, -0.05) is 35.3 Å². The molecule has 0 fully saturated rings. The number of carbonyl (C=O) groups is 1. The Morgan fingerprint density at radius 1 is 1.30 bits per heavy atom. The minimum Gasteiger partial charge on any atom is -0.508 e. The molecule has 0 aliphatic carbocycles. The molecule has 0 aliphatic rings. The maximum absolute atomic E-state index is 12.1. The second-order valence-electron chi connectivity index (χ2n) is 4.26. The number of phenolic OH excluding ortho intramolecular Hbond substituents is 1. The fourth-order valence-corrected chi connectivity index (χ4v) is 2.16. The molecule has 1 aromatic carbocycles. The number of hydrogen-bond acceptors (Lipinski definition) is 3. The van der Waals surface area contributed by atoms with Crippen LogP contribution in [0, 0.1) is 0 Å². The number of aromatic hydroxyl groups is 1. The Morgan fingerprint density at radius 2 is 2.05 bits per heavy atom. The molecule has 6 heteroatoms. The third kappa shape index (κ3) is 3.40. The van der Waals surface area contributed by atoms with Crippen LogP contribution in [0.25, 0.3) is 0 Å². The van der Waals surface area contributed by atoms with Crippen molar-refractivity contribution >= 4 is 29.1 Å². The van der Waals surface area contributed by atoms with E-state index in [1.807, 2.05) is 13.0 Å². The first kappa shape index (κ1) is 14.6. The Balaban J connectivity index is 2.15. The van der Waals surface area contributed by atoms with Crippen molar-refractivity contribution in [2.75, 3.05) is 0 Å². The summed E-state index contributed by atoms with van der Waals surface area (Å²) in [5.74, 6) is -0.204. The number of phenols is 1. The molecule has 0 aliphatic heterocycles. The van der Waals surface area contributed by atoms with Crippen molar-refractivity contribution < 1.29 is 9.90 Å². The first-order valence-corrected chi connectivity index (χ1v) is 6.65. The van der Waals surface area contributed by atoms with Crippen molar-refractivity contribution in [2.24, 2.45) is 0 Å². The van der Waals surface area contributed by atoms with Crippen molar-refractivity contribution in [3.8, 4) is 5.75 Å². The Kier molecular flexibility index (Phi) is 4.47. The Hall–Kier alpha value is -1.78. The van der Waals surface area contributed by atoms with Gasteiger partial charge in [0.2, 0.25) is 0 Å². The lowest BCUT2D eigenvalue weighted by atomic mass is 10.1. The molecule has 2 N–H and O–H groups in total. The van der Waals surface area contributed by atoms with E-state index in [1.165, 1.54) is 12.1 Å². The molecule has 2 rings (SSSR count). The molecule has 0 saturated carbocycles. The van der Waals surface area contributed by atoms with Crippen LogP contribution in [0.3, 0.4) is 0 Å². The van der Waals surface area contributed by atoms with Gasteiger partial charge in [-0.3, -0.25) is 4.79 Å². The van der Waals surface area contributed by atoms with Gasteiger partial charge in [0.25, 0.3) is 5.91 Å². The zero-order valence-electron chi connectivity index (χ0n) is 10.6. The number of nitrogens with zero attached hydrogens (tertiary/aromatic N) is 1. The number of benzene rings is 1. The van der Waals surface area contributed by atoms with Crippen LogP contribution in [0.2, 0.25) is 10.3 Å². The van der Waals surface area contributed by atoms with E-state index in [2.05, 4.69) is 10.3 Å². The molecule has 20 heavy (non-hydrogen) atoms. The van der Waals surface area contributed by atoms with Gasteiger partial charge in [-0.25, -0.2) is 4.98 Å². The van der Waals surface area contributed by atoms with E-state index in [0.717, 1.165) is 5.56 Å². The highest BCUT2D eigenvalue weighted by Gasteiger charge is 2.15. The fourth-order valence-electron chi connectivity index (χ4n) is 1.73. The average molecular weight is 311 g/mol. The maximum atomic E-state index is 12.1. The van der Waals surface area contributed by atoms with Crippen molar-refractivity contribution in [3.05, 3.63) is 57.8 Å². The van der Waals surface area contributed by atoms with Crippen molar-refractivity contribution in [3.63, 3.8) is 0 Å². The van der Waals surface area contributed by atoms with Crippen molar-refractivity contribution in [2.45, 2.75) is 13.0 Å². The van der Waals surface area contributed by atoms with E-state index in [9.17, 15) is 9.90 Å². The summed E-state index contributed by atoms with van der Waals surface area (Å²) in [6.07, 6.45) is 0. The van der Waals surface area contributed by atoms with Crippen LogP contribution in [0.1, 0.15) is 28.9 Å². The number of rotatable bonds is 3. The van der Waals surface area contributed by atoms with Crippen LogP contribution in [-0.2, 0) is 0 Å². The lowest BCUT2D eigenvalue weighted by molar-refractivity contribution is 0.0939. The maximum Gasteiger partial charge on any atom is 0.254 e. The number of carbonyl (C=O) groups excluding carboxylic acids is 1. The standard InChI is InChI=1S/C14H12Cl2N2O2/c1-8(9-3-2-4-10(19)7-9)17-14(20)11-5-6-12(15)18-13(11)16/h2-8,19H,1H3,(H,17,20). The Morgan fingerprint density at radius 3 is 2.70 bits per heavy atom. The van der Waals surface area contributed by atoms with Crippen LogP contribution in [0.15, 0.2) is 36.4 Å². The summed E-state index contributed by atoms with van der Waals surface area (Å²) in [6.45, 7) is 1.81. The average Bonchev–Trinajstić information content (AvgIpc) is 2.38. The zero-order valence-corrected chi connectivity index (χ0v) is 12.1. The molecule has 0 saturated heterocycles. The van der Waals surface area contributed by atoms with Crippen LogP contribution >= 0.6 is 23.2 Å². The van der Waals surface area contributed by atoms with Crippen LogP contribution < -0.4 is 5.32 Å². The molecule has 1 atom stereocenters. The van der Waals surface area contributed by atoms with Crippen LogP contribution in [-0.4, -0.2) is 16.0 Å². The van der Waals surface area contributed by atoms with E-state index in [1.54, 1.807) is 18.2 Å². The summed E-state index contributed by atoms with van der Waals surface area (Å²) in [5.41, 5.74) is 1.04. The zero-order chi connectivity index (χ0) is 14.7. The number of aromatic nitrogens is 1. The summed E-state index contributed by atoms with van der Waals surface area (Å²) in [6, 6.07) is 9.42. The SMILES string of the molecule is CC(NC(=O)c1ccc(Cl)nc1Cl)c1cccc(O)c1. The van der Waals surface area contributed by atoms with Gasteiger partial charge in [0.15, 0.2) is 0 Å². The van der Waals surface area contributed by atoms with Gasteiger partial charge < -0.3 is 10.4 Å². The predicted octanol–water partition coefficient (Wildman–Crippen LogP) is 3.59. The minimum absolute atomic E-state index is 0.0538. The van der Waals surface area contributed by atoms with E-state index in [4.69, 9.17) is 23.2 Å². The van der Waals surface area contributed by atoms with Gasteiger partial charge in [-0.05, 0) is 36.8 Å². The predicted molar refractivity (Wildman–Crippen MR) is 78.2 cm³/mol. The second-order valence-corrected chi connectivity index (χ2v) is 5.01. The molecule has 0 spiro atoms. The fraction of sp³-hybridized carbons (Fsp3) is 0.143. The molecule has 4 nitrogen and oxygen atoms in total. The summed E-state index contributed by atoms with van der Waals surface area (Å²) < 4.78 is 0. The molecular formula is C14H12Cl2N2O2. The highest BCUT2D eigenvalue weighted by Crippen LogP contribution is 2.20. The van der Waals surface area contributed by atoms with Gasteiger partial charge in [-0.2, -0.15) is 0 Å². The molecule has 104 valence electrons. The molecule has 1 unspecified atom stereocenters. The molecule has 1 heterocycles. The van der Waals surface area contributed by atoms with Crippen molar-refractivity contribution in [1.29, 1.82) is 0 Å². The van der Waals surface area contributed by atoms with Crippen LogP contribution in [0.4, 0.5) is 0 Å². The number of nitrogens with one attached hydrogen (secondary N) is 1. The quantitative estimate of drug-likeness (QED) is 0.852. The van der Waals surface area contributed by atoms with Gasteiger partial charge in [0.1, 0.15) is 16.1 Å². The third-order valence-electron chi connectivity index (χ3n) is 2.78. The molecule has 0 bridgehead atoms. The van der Waals surface area contributed by atoms with E-state index in [-0.39, 0.29) is 33.6 Å². The normalized spacial score (nSPS) is 11.9. The highest BCUT2D eigenvalue weighted by molar-refractivity contribution is 6.34. The van der Waals surface area contributed by atoms with Crippen molar-refractivity contribution in [1.82, 2.24) is 10.3 Å². The summed E-state index contributed by atoms with van der Waals surface area (Å²) in [5, 5.41) is 12.5. The van der Waals surface area contributed by atoms with Gasteiger partial charge >= 0.3 is 0 Å². The lowest BCUT2D eigenvalue weighted by Crippen LogP contribution is -2.27. The number of pyridine rings is 1. The van der Waals surface area contributed by atoms with Gasteiger partial charge in [0, 0.05) is 0 Å². The summed E-state index contributed by atoms with van der Waals surface area (Å²) in [7, 11) is 0. The Bertz CT molecular complexity index is 647.